The second-order valence-corrected chi connectivity index (χ2v) is 4.92. The standard InChI is InChI=1S/C10H18N2OS/c1-8(2)9-6-11-10(14-9)7-12(3)4-5-13/h6,8,13H,4-5,7H2,1-3H3. The Balaban J connectivity index is 2.51. The molecule has 0 amide bonds. The van der Waals surface area contributed by atoms with Gasteiger partial charge in [-0.05, 0) is 13.0 Å². The van der Waals surface area contributed by atoms with Gasteiger partial charge in [0.1, 0.15) is 5.01 Å². The van der Waals surface area contributed by atoms with E-state index >= 15 is 0 Å². The third-order valence-electron chi connectivity index (χ3n) is 2.03. The lowest BCUT2D eigenvalue weighted by molar-refractivity contribution is 0.217. The number of hydrogen-bond donors (Lipinski definition) is 1. The molecule has 3 nitrogen and oxygen atoms in total. The number of thiazole rings is 1. The first-order valence-electron chi connectivity index (χ1n) is 4.87. The third-order valence-corrected chi connectivity index (χ3v) is 3.31. The van der Waals surface area contributed by atoms with Gasteiger partial charge < -0.3 is 5.11 Å². The Bertz CT molecular complexity index is 273. The van der Waals surface area contributed by atoms with Gasteiger partial charge in [0, 0.05) is 17.6 Å². The maximum Gasteiger partial charge on any atom is 0.107 e. The van der Waals surface area contributed by atoms with Crippen molar-refractivity contribution in [3.63, 3.8) is 0 Å². The van der Waals surface area contributed by atoms with Crippen LogP contribution in [0.4, 0.5) is 0 Å². The second kappa shape index (κ2) is 5.44. The van der Waals surface area contributed by atoms with Gasteiger partial charge in [0.15, 0.2) is 0 Å². The van der Waals surface area contributed by atoms with E-state index in [4.69, 9.17) is 5.11 Å². The second-order valence-electron chi connectivity index (χ2n) is 3.77. The molecule has 0 unspecified atom stereocenters. The highest BCUT2D eigenvalue weighted by molar-refractivity contribution is 7.11. The van der Waals surface area contributed by atoms with Crippen LogP contribution in [0.5, 0.6) is 0 Å². The Morgan fingerprint density at radius 1 is 1.57 bits per heavy atom. The number of aromatic nitrogens is 1. The van der Waals surface area contributed by atoms with E-state index in [9.17, 15) is 0 Å². The zero-order chi connectivity index (χ0) is 10.6. The minimum absolute atomic E-state index is 0.207. The van der Waals surface area contributed by atoms with Crippen LogP contribution in [0.15, 0.2) is 6.20 Å². The Labute approximate surface area is 89.4 Å². The first-order valence-corrected chi connectivity index (χ1v) is 5.69. The van der Waals surface area contributed by atoms with Crippen molar-refractivity contribution in [2.45, 2.75) is 26.3 Å². The smallest absolute Gasteiger partial charge is 0.107 e. The number of aliphatic hydroxyl groups is 1. The van der Waals surface area contributed by atoms with Crippen LogP contribution in [-0.2, 0) is 6.54 Å². The van der Waals surface area contributed by atoms with E-state index in [1.54, 1.807) is 11.3 Å². The summed E-state index contributed by atoms with van der Waals surface area (Å²) in [5.41, 5.74) is 0. The molecular formula is C10H18N2OS. The molecule has 0 fully saturated rings. The van der Waals surface area contributed by atoms with Gasteiger partial charge in [-0.15, -0.1) is 11.3 Å². The van der Waals surface area contributed by atoms with E-state index in [2.05, 4.69) is 23.7 Å². The van der Waals surface area contributed by atoms with Crippen LogP contribution in [0.3, 0.4) is 0 Å². The molecule has 0 aromatic carbocycles. The summed E-state index contributed by atoms with van der Waals surface area (Å²) in [6.45, 7) is 6.09. The summed E-state index contributed by atoms with van der Waals surface area (Å²) in [6.07, 6.45) is 1.96. The fraction of sp³-hybridized carbons (Fsp3) is 0.700. The van der Waals surface area contributed by atoms with Crippen LogP contribution in [0.25, 0.3) is 0 Å². The normalized spacial score (nSPS) is 11.6. The third kappa shape index (κ3) is 3.36. The molecule has 0 aliphatic heterocycles. The molecule has 0 atom stereocenters. The van der Waals surface area contributed by atoms with Gasteiger partial charge in [0.05, 0.1) is 13.2 Å². The van der Waals surface area contributed by atoms with Gasteiger partial charge in [-0.2, -0.15) is 0 Å². The molecule has 0 saturated carbocycles. The lowest BCUT2D eigenvalue weighted by atomic mass is 10.2. The largest absolute Gasteiger partial charge is 0.395 e. The number of nitrogens with zero attached hydrogens (tertiary/aromatic N) is 2. The molecule has 1 N–H and O–H groups in total. The van der Waals surface area contributed by atoms with Crippen molar-refractivity contribution in [1.29, 1.82) is 0 Å². The van der Waals surface area contributed by atoms with Gasteiger partial charge in [-0.25, -0.2) is 4.98 Å². The number of likely N-dealkylation sites (N-methyl/N-ethyl adjacent to an activating group) is 1. The number of rotatable bonds is 5. The summed E-state index contributed by atoms with van der Waals surface area (Å²) in [5, 5.41) is 9.88. The predicted molar refractivity (Wildman–Crippen MR) is 59.6 cm³/mol. The van der Waals surface area contributed by atoms with E-state index in [0.29, 0.717) is 12.5 Å². The highest BCUT2D eigenvalue weighted by Gasteiger charge is 2.07. The molecule has 14 heavy (non-hydrogen) atoms. The van der Waals surface area contributed by atoms with E-state index < -0.39 is 0 Å². The summed E-state index contributed by atoms with van der Waals surface area (Å²) >= 11 is 1.76. The van der Waals surface area contributed by atoms with Crippen molar-refractivity contribution in [2.24, 2.45) is 0 Å². The summed E-state index contributed by atoms with van der Waals surface area (Å²) in [4.78, 5) is 7.76. The van der Waals surface area contributed by atoms with Gasteiger partial charge in [0.2, 0.25) is 0 Å². The van der Waals surface area contributed by atoms with Crippen molar-refractivity contribution in [2.75, 3.05) is 20.2 Å². The molecule has 1 aromatic rings. The van der Waals surface area contributed by atoms with Gasteiger partial charge in [-0.1, -0.05) is 13.8 Å². The molecule has 0 spiro atoms. The Morgan fingerprint density at radius 2 is 2.29 bits per heavy atom. The van der Waals surface area contributed by atoms with Crippen LogP contribution < -0.4 is 0 Å². The fourth-order valence-electron chi connectivity index (χ4n) is 1.15. The summed E-state index contributed by atoms with van der Waals surface area (Å²) in [6, 6.07) is 0. The van der Waals surface area contributed by atoms with E-state index in [1.165, 1.54) is 4.88 Å². The molecule has 80 valence electrons. The SMILES string of the molecule is CC(C)c1cnc(CN(C)CCO)s1. The van der Waals surface area contributed by atoms with Gasteiger partial charge >= 0.3 is 0 Å². The molecule has 4 heteroatoms. The molecule has 0 aliphatic carbocycles. The quantitative estimate of drug-likeness (QED) is 0.810. The van der Waals surface area contributed by atoms with Crippen LogP contribution in [0, 0.1) is 0 Å². The molecule has 0 radical (unpaired) electrons. The fourth-order valence-corrected chi connectivity index (χ4v) is 2.15. The summed E-state index contributed by atoms with van der Waals surface area (Å²) in [5.74, 6) is 0.560. The van der Waals surface area contributed by atoms with E-state index in [0.717, 1.165) is 11.6 Å². The lowest BCUT2D eigenvalue weighted by Crippen LogP contribution is -2.21. The molecular weight excluding hydrogens is 196 g/mol. The highest BCUT2D eigenvalue weighted by Crippen LogP contribution is 2.22. The van der Waals surface area contributed by atoms with Gasteiger partial charge in [-0.3, -0.25) is 4.90 Å². The highest BCUT2D eigenvalue weighted by atomic mass is 32.1. The molecule has 1 aromatic heterocycles. The van der Waals surface area contributed by atoms with Crippen LogP contribution >= 0.6 is 11.3 Å². The van der Waals surface area contributed by atoms with Crippen LogP contribution in [0.1, 0.15) is 29.7 Å². The average molecular weight is 214 g/mol. The lowest BCUT2D eigenvalue weighted by Gasteiger charge is -2.12. The summed E-state index contributed by atoms with van der Waals surface area (Å²) < 4.78 is 0. The van der Waals surface area contributed by atoms with Crippen molar-refractivity contribution < 1.29 is 5.11 Å². The Hall–Kier alpha value is -0.450. The zero-order valence-corrected chi connectivity index (χ0v) is 9.84. The van der Waals surface area contributed by atoms with Crippen molar-refractivity contribution in [1.82, 2.24) is 9.88 Å². The predicted octanol–water partition coefficient (Wildman–Crippen LogP) is 1.69. The molecule has 0 saturated heterocycles. The maximum absolute atomic E-state index is 8.75. The molecule has 0 aliphatic rings. The van der Waals surface area contributed by atoms with Crippen molar-refractivity contribution >= 4 is 11.3 Å². The maximum atomic E-state index is 8.75. The van der Waals surface area contributed by atoms with Crippen LogP contribution in [0.2, 0.25) is 0 Å². The molecule has 0 bridgehead atoms. The number of aliphatic hydroxyl groups excluding tert-OH is 1. The van der Waals surface area contributed by atoms with Crippen molar-refractivity contribution in [3.05, 3.63) is 16.1 Å². The monoisotopic (exact) mass is 214 g/mol. The van der Waals surface area contributed by atoms with Gasteiger partial charge in [0.25, 0.3) is 0 Å². The first-order chi connectivity index (χ1) is 6.63. The summed E-state index contributed by atoms with van der Waals surface area (Å²) in [7, 11) is 1.99. The molecule has 1 rings (SSSR count). The first kappa shape index (κ1) is 11.6. The average Bonchev–Trinajstić information content (AvgIpc) is 2.53. The molecule has 1 heterocycles. The number of hydrogen-bond acceptors (Lipinski definition) is 4. The minimum atomic E-state index is 0.207. The Morgan fingerprint density at radius 3 is 2.79 bits per heavy atom. The zero-order valence-electron chi connectivity index (χ0n) is 9.03. The van der Waals surface area contributed by atoms with E-state index in [1.807, 2.05) is 13.2 Å². The van der Waals surface area contributed by atoms with Crippen molar-refractivity contribution in [3.8, 4) is 0 Å². The topological polar surface area (TPSA) is 36.4 Å². The Kier molecular flexibility index (Phi) is 4.51. The van der Waals surface area contributed by atoms with Crippen LogP contribution in [-0.4, -0.2) is 35.2 Å². The van der Waals surface area contributed by atoms with E-state index in [-0.39, 0.29) is 6.61 Å². The minimum Gasteiger partial charge on any atom is -0.395 e.